The first-order valence-electron chi connectivity index (χ1n) is 4.50. The Balaban J connectivity index is 2.00. The predicted molar refractivity (Wildman–Crippen MR) is 46.7 cm³/mol. The Bertz CT molecular complexity index is 112. The van der Waals surface area contributed by atoms with Crippen molar-refractivity contribution in [3.05, 3.63) is 0 Å². The molecule has 1 fully saturated rings. The molecule has 0 aromatic rings. The van der Waals surface area contributed by atoms with Gasteiger partial charge in [-0.25, -0.2) is 0 Å². The maximum Gasteiger partial charge on any atom is 0.0667 e. The molecule has 66 valence electrons. The van der Waals surface area contributed by atoms with Crippen molar-refractivity contribution in [2.24, 2.45) is 5.92 Å². The van der Waals surface area contributed by atoms with Crippen LogP contribution in [0.5, 0.6) is 0 Å². The van der Waals surface area contributed by atoms with Gasteiger partial charge in [0.15, 0.2) is 0 Å². The fourth-order valence-electron chi connectivity index (χ4n) is 1.20. The number of nitrogens with one attached hydrogen (secondary N) is 1. The third kappa shape index (κ3) is 3.21. The Morgan fingerprint density at radius 1 is 1.45 bits per heavy atom. The minimum atomic E-state index is 0.344. The molecule has 1 rings (SSSR count). The molecule has 2 atom stereocenters. The summed E-state index contributed by atoms with van der Waals surface area (Å²) in [6.07, 6.45) is 3.17. The molecule has 2 unspecified atom stereocenters. The molecular formula is C9H19NO. The molecular weight excluding hydrogens is 138 g/mol. The molecule has 0 spiro atoms. The largest absolute Gasteiger partial charge is 0.380 e. The second kappa shape index (κ2) is 4.07. The smallest absolute Gasteiger partial charge is 0.0667 e. The van der Waals surface area contributed by atoms with Gasteiger partial charge in [0.2, 0.25) is 0 Å². The number of methoxy groups -OCH3 is 1. The maximum absolute atomic E-state index is 5.14. The Hall–Kier alpha value is -0.0800. The second-order valence-electron chi connectivity index (χ2n) is 3.58. The van der Waals surface area contributed by atoms with Crippen molar-refractivity contribution >= 4 is 0 Å². The van der Waals surface area contributed by atoms with Crippen LogP contribution in [0, 0.1) is 5.92 Å². The monoisotopic (exact) mass is 157 g/mol. The van der Waals surface area contributed by atoms with E-state index < -0.39 is 0 Å². The summed E-state index contributed by atoms with van der Waals surface area (Å²) in [4.78, 5) is 0. The molecule has 2 heteroatoms. The minimum absolute atomic E-state index is 0.344. The van der Waals surface area contributed by atoms with E-state index in [4.69, 9.17) is 4.74 Å². The fourth-order valence-corrected chi connectivity index (χ4v) is 1.20. The van der Waals surface area contributed by atoms with Crippen LogP contribution in [0.25, 0.3) is 0 Å². The molecule has 2 nitrogen and oxygen atoms in total. The third-order valence-electron chi connectivity index (χ3n) is 2.46. The highest BCUT2D eigenvalue weighted by atomic mass is 16.5. The molecule has 0 aliphatic heterocycles. The molecule has 0 saturated heterocycles. The molecule has 1 N–H and O–H groups in total. The molecule has 1 aliphatic carbocycles. The quantitative estimate of drug-likeness (QED) is 0.651. The normalized spacial score (nSPS) is 23.2. The van der Waals surface area contributed by atoms with Gasteiger partial charge in [0.25, 0.3) is 0 Å². The molecule has 1 saturated carbocycles. The van der Waals surface area contributed by atoms with E-state index in [1.54, 1.807) is 7.11 Å². The fraction of sp³-hybridized carbons (Fsp3) is 1.00. The van der Waals surface area contributed by atoms with Gasteiger partial charge in [-0.15, -0.1) is 0 Å². The number of hydrogen-bond donors (Lipinski definition) is 1. The lowest BCUT2D eigenvalue weighted by atomic mass is 10.2. The Labute approximate surface area is 69.3 Å². The standard InChI is InChI=1S/C9H19NO/c1-7(11-3)6-10-8(2)9-4-5-9/h7-10H,4-6H2,1-3H3. The Kier molecular flexibility index (Phi) is 3.34. The van der Waals surface area contributed by atoms with E-state index in [1.165, 1.54) is 12.8 Å². The van der Waals surface area contributed by atoms with Gasteiger partial charge in [0.05, 0.1) is 6.10 Å². The summed E-state index contributed by atoms with van der Waals surface area (Å²) in [7, 11) is 1.76. The van der Waals surface area contributed by atoms with E-state index >= 15 is 0 Å². The summed E-state index contributed by atoms with van der Waals surface area (Å²) in [6, 6.07) is 0.688. The van der Waals surface area contributed by atoms with Crippen molar-refractivity contribution in [1.82, 2.24) is 5.32 Å². The first-order valence-corrected chi connectivity index (χ1v) is 4.50. The lowest BCUT2D eigenvalue weighted by Gasteiger charge is -2.15. The van der Waals surface area contributed by atoms with Gasteiger partial charge in [-0.05, 0) is 32.6 Å². The molecule has 0 heterocycles. The molecule has 0 bridgehead atoms. The minimum Gasteiger partial charge on any atom is -0.380 e. The zero-order chi connectivity index (χ0) is 8.27. The van der Waals surface area contributed by atoms with Gasteiger partial charge < -0.3 is 10.1 Å². The van der Waals surface area contributed by atoms with E-state index in [0.717, 1.165) is 12.5 Å². The van der Waals surface area contributed by atoms with Crippen LogP contribution >= 0.6 is 0 Å². The van der Waals surface area contributed by atoms with E-state index in [9.17, 15) is 0 Å². The lowest BCUT2D eigenvalue weighted by molar-refractivity contribution is 0.114. The van der Waals surface area contributed by atoms with Crippen LogP contribution in [-0.2, 0) is 4.74 Å². The van der Waals surface area contributed by atoms with Gasteiger partial charge >= 0.3 is 0 Å². The SMILES string of the molecule is COC(C)CNC(C)C1CC1. The van der Waals surface area contributed by atoms with Crippen molar-refractivity contribution in [3.8, 4) is 0 Å². The van der Waals surface area contributed by atoms with E-state index in [0.29, 0.717) is 12.1 Å². The summed E-state index contributed by atoms with van der Waals surface area (Å²) in [5.41, 5.74) is 0. The Morgan fingerprint density at radius 3 is 2.55 bits per heavy atom. The van der Waals surface area contributed by atoms with Crippen molar-refractivity contribution in [2.45, 2.75) is 38.8 Å². The average molecular weight is 157 g/mol. The summed E-state index contributed by atoms with van der Waals surface area (Å²) >= 11 is 0. The van der Waals surface area contributed by atoms with E-state index in [-0.39, 0.29) is 0 Å². The molecule has 11 heavy (non-hydrogen) atoms. The van der Waals surface area contributed by atoms with E-state index in [1.807, 2.05) is 0 Å². The highest BCUT2D eigenvalue weighted by Crippen LogP contribution is 2.32. The first-order chi connectivity index (χ1) is 5.24. The first kappa shape index (κ1) is 9.01. The van der Waals surface area contributed by atoms with Crippen molar-refractivity contribution < 1.29 is 4.74 Å². The maximum atomic E-state index is 5.14. The van der Waals surface area contributed by atoms with Crippen LogP contribution in [0.2, 0.25) is 0 Å². The van der Waals surface area contributed by atoms with Gasteiger partial charge in [-0.2, -0.15) is 0 Å². The molecule has 0 radical (unpaired) electrons. The van der Waals surface area contributed by atoms with E-state index in [2.05, 4.69) is 19.2 Å². The van der Waals surface area contributed by atoms with Gasteiger partial charge in [-0.1, -0.05) is 0 Å². The highest BCUT2D eigenvalue weighted by Gasteiger charge is 2.27. The summed E-state index contributed by atoms with van der Waals surface area (Å²) < 4.78 is 5.14. The number of ether oxygens (including phenoxy) is 1. The average Bonchev–Trinajstić information content (AvgIpc) is 2.81. The highest BCUT2D eigenvalue weighted by molar-refractivity contribution is 4.83. The molecule has 1 aliphatic rings. The molecule has 0 aromatic carbocycles. The van der Waals surface area contributed by atoms with Crippen molar-refractivity contribution in [2.75, 3.05) is 13.7 Å². The molecule has 0 amide bonds. The van der Waals surface area contributed by atoms with Crippen molar-refractivity contribution in [3.63, 3.8) is 0 Å². The number of rotatable bonds is 5. The van der Waals surface area contributed by atoms with Crippen LogP contribution in [-0.4, -0.2) is 25.8 Å². The summed E-state index contributed by atoms with van der Waals surface area (Å²) in [5, 5.41) is 3.47. The van der Waals surface area contributed by atoms with Crippen LogP contribution in [0.1, 0.15) is 26.7 Å². The third-order valence-corrected chi connectivity index (χ3v) is 2.46. The van der Waals surface area contributed by atoms with Gasteiger partial charge in [0, 0.05) is 19.7 Å². The zero-order valence-corrected chi connectivity index (χ0v) is 7.76. The predicted octanol–water partition coefficient (Wildman–Crippen LogP) is 1.41. The summed E-state index contributed by atoms with van der Waals surface area (Å²) in [6.45, 7) is 5.33. The summed E-state index contributed by atoms with van der Waals surface area (Å²) in [5.74, 6) is 0.944. The second-order valence-corrected chi connectivity index (χ2v) is 3.58. The van der Waals surface area contributed by atoms with Crippen LogP contribution in [0.3, 0.4) is 0 Å². The van der Waals surface area contributed by atoms with Gasteiger partial charge in [-0.3, -0.25) is 0 Å². The van der Waals surface area contributed by atoms with Crippen molar-refractivity contribution in [1.29, 1.82) is 0 Å². The Morgan fingerprint density at radius 2 is 2.09 bits per heavy atom. The zero-order valence-electron chi connectivity index (χ0n) is 7.76. The van der Waals surface area contributed by atoms with Gasteiger partial charge in [0.1, 0.15) is 0 Å². The molecule has 0 aromatic heterocycles. The number of hydrogen-bond acceptors (Lipinski definition) is 2. The lowest BCUT2D eigenvalue weighted by Crippen LogP contribution is -2.34. The van der Waals surface area contributed by atoms with Crippen LogP contribution in [0.4, 0.5) is 0 Å². The van der Waals surface area contributed by atoms with Crippen LogP contribution in [0.15, 0.2) is 0 Å². The van der Waals surface area contributed by atoms with Crippen LogP contribution < -0.4 is 5.32 Å². The topological polar surface area (TPSA) is 21.3 Å².